The Kier molecular flexibility index (Phi) is 5.37. The molecule has 1 aromatic carbocycles. The van der Waals surface area contributed by atoms with E-state index in [1.54, 1.807) is 4.90 Å². The Morgan fingerprint density at radius 3 is 2.62 bits per heavy atom. The van der Waals surface area contributed by atoms with Gasteiger partial charge in [-0.15, -0.1) is 0 Å². The topological polar surface area (TPSA) is 49.4 Å². The van der Waals surface area contributed by atoms with Gasteiger partial charge in [0.1, 0.15) is 0 Å². The predicted molar refractivity (Wildman–Crippen MR) is 84.2 cm³/mol. The Morgan fingerprint density at radius 1 is 1.29 bits per heavy atom. The molecule has 1 saturated heterocycles. The highest BCUT2D eigenvalue weighted by Gasteiger charge is 2.34. The van der Waals surface area contributed by atoms with Gasteiger partial charge in [-0.05, 0) is 37.5 Å². The number of rotatable bonds is 6. The number of unbranched alkanes of at least 4 members (excludes halogenated alkanes) is 1. The third-order valence-electron chi connectivity index (χ3n) is 3.91. The third kappa shape index (κ3) is 3.84. The molecule has 0 spiro atoms. The lowest BCUT2D eigenvalue weighted by Crippen LogP contribution is -2.32. The molecule has 0 aromatic heterocycles. The van der Waals surface area contributed by atoms with Crippen LogP contribution in [0, 0.1) is 5.92 Å². The number of nitrogens with one attached hydrogen (secondary N) is 1. The van der Waals surface area contributed by atoms with Gasteiger partial charge in [0.2, 0.25) is 11.8 Å². The van der Waals surface area contributed by atoms with Crippen LogP contribution in [0.5, 0.6) is 0 Å². The van der Waals surface area contributed by atoms with Crippen molar-refractivity contribution in [2.75, 3.05) is 18.0 Å². The Balaban J connectivity index is 2.01. The zero-order valence-electron chi connectivity index (χ0n) is 12.9. The van der Waals surface area contributed by atoms with E-state index in [4.69, 9.17) is 0 Å². The van der Waals surface area contributed by atoms with Crippen LogP contribution < -0.4 is 10.2 Å². The van der Waals surface area contributed by atoms with Crippen LogP contribution in [-0.4, -0.2) is 24.9 Å². The summed E-state index contributed by atoms with van der Waals surface area (Å²) in [5.41, 5.74) is 2.19. The van der Waals surface area contributed by atoms with Crippen LogP contribution in [0.4, 0.5) is 5.69 Å². The molecule has 0 aliphatic carbocycles. The summed E-state index contributed by atoms with van der Waals surface area (Å²) in [4.78, 5) is 25.7. The molecule has 1 unspecified atom stereocenters. The zero-order valence-corrected chi connectivity index (χ0v) is 12.9. The van der Waals surface area contributed by atoms with Crippen LogP contribution in [0.1, 0.15) is 38.7 Å². The van der Waals surface area contributed by atoms with Crippen molar-refractivity contribution in [3.63, 3.8) is 0 Å². The first-order valence-corrected chi connectivity index (χ1v) is 7.82. The Hall–Kier alpha value is -1.84. The standard InChI is InChI=1S/C17H24N2O2/c1-3-5-6-13-7-9-15(10-8-13)19-12-14(11-16(19)20)17(21)18-4-2/h7-10,14H,3-6,11-12H2,1-2H3,(H,18,21). The van der Waals surface area contributed by atoms with Crippen molar-refractivity contribution < 1.29 is 9.59 Å². The first-order chi connectivity index (χ1) is 10.2. The molecule has 0 bridgehead atoms. The largest absolute Gasteiger partial charge is 0.356 e. The normalized spacial score (nSPS) is 18.1. The molecule has 2 amide bonds. The van der Waals surface area contributed by atoms with E-state index in [9.17, 15) is 9.59 Å². The predicted octanol–water partition coefficient (Wildman–Crippen LogP) is 2.52. The highest BCUT2D eigenvalue weighted by Crippen LogP contribution is 2.25. The second-order valence-corrected chi connectivity index (χ2v) is 5.57. The maximum Gasteiger partial charge on any atom is 0.227 e. The lowest BCUT2D eigenvalue weighted by Gasteiger charge is -2.17. The summed E-state index contributed by atoms with van der Waals surface area (Å²) in [6, 6.07) is 8.14. The molecule has 4 heteroatoms. The third-order valence-corrected chi connectivity index (χ3v) is 3.91. The number of hydrogen-bond donors (Lipinski definition) is 1. The molecular weight excluding hydrogens is 264 g/mol. The van der Waals surface area contributed by atoms with Crippen LogP contribution in [0.15, 0.2) is 24.3 Å². The molecule has 4 nitrogen and oxygen atoms in total. The molecule has 1 aromatic rings. The number of aryl methyl sites for hydroxylation is 1. The lowest BCUT2D eigenvalue weighted by molar-refractivity contribution is -0.126. The second kappa shape index (κ2) is 7.25. The number of nitrogens with zero attached hydrogens (tertiary/aromatic N) is 1. The monoisotopic (exact) mass is 288 g/mol. The first kappa shape index (κ1) is 15.5. The molecule has 1 heterocycles. The van der Waals surface area contributed by atoms with Crippen molar-refractivity contribution in [3.05, 3.63) is 29.8 Å². The van der Waals surface area contributed by atoms with Crippen molar-refractivity contribution in [1.29, 1.82) is 0 Å². The minimum atomic E-state index is -0.225. The minimum absolute atomic E-state index is 0.0204. The van der Waals surface area contributed by atoms with Gasteiger partial charge in [0.05, 0.1) is 5.92 Å². The van der Waals surface area contributed by atoms with Crippen LogP contribution >= 0.6 is 0 Å². The maximum atomic E-state index is 12.1. The Morgan fingerprint density at radius 2 is 2.00 bits per heavy atom. The van der Waals surface area contributed by atoms with E-state index in [0.29, 0.717) is 19.5 Å². The summed E-state index contributed by atoms with van der Waals surface area (Å²) < 4.78 is 0. The van der Waals surface area contributed by atoms with Crippen molar-refractivity contribution in [1.82, 2.24) is 5.32 Å². The average Bonchev–Trinajstić information content (AvgIpc) is 2.88. The highest BCUT2D eigenvalue weighted by atomic mass is 16.2. The van der Waals surface area contributed by atoms with Crippen LogP contribution in [0.25, 0.3) is 0 Å². The molecule has 1 atom stereocenters. The van der Waals surface area contributed by atoms with Gasteiger partial charge in [0.25, 0.3) is 0 Å². The summed E-state index contributed by atoms with van der Waals surface area (Å²) in [7, 11) is 0. The summed E-state index contributed by atoms with van der Waals surface area (Å²) in [5.74, 6) is -0.210. The number of carbonyl (C=O) groups is 2. The number of anilines is 1. The van der Waals surface area contributed by atoms with Crippen LogP contribution in [0.2, 0.25) is 0 Å². The molecule has 0 radical (unpaired) electrons. The zero-order chi connectivity index (χ0) is 15.2. The quantitative estimate of drug-likeness (QED) is 0.874. The molecule has 1 N–H and O–H groups in total. The maximum absolute atomic E-state index is 12.1. The molecule has 1 fully saturated rings. The number of benzene rings is 1. The van der Waals surface area contributed by atoms with E-state index < -0.39 is 0 Å². The van der Waals surface area contributed by atoms with Gasteiger partial charge in [-0.2, -0.15) is 0 Å². The van der Waals surface area contributed by atoms with Crippen molar-refractivity contribution in [3.8, 4) is 0 Å². The molecule has 1 aliphatic heterocycles. The van der Waals surface area contributed by atoms with E-state index in [2.05, 4.69) is 24.4 Å². The number of hydrogen-bond acceptors (Lipinski definition) is 2. The summed E-state index contributed by atoms with van der Waals surface area (Å²) in [6.07, 6.45) is 3.75. The van der Waals surface area contributed by atoms with E-state index in [-0.39, 0.29) is 17.7 Å². The number of carbonyl (C=O) groups excluding carboxylic acids is 2. The van der Waals surface area contributed by atoms with Gasteiger partial charge in [0, 0.05) is 25.2 Å². The van der Waals surface area contributed by atoms with Gasteiger partial charge >= 0.3 is 0 Å². The fourth-order valence-corrected chi connectivity index (χ4v) is 2.67. The second-order valence-electron chi connectivity index (χ2n) is 5.57. The first-order valence-electron chi connectivity index (χ1n) is 7.82. The van der Waals surface area contributed by atoms with Gasteiger partial charge in [-0.3, -0.25) is 9.59 Å². The molecule has 1 aliphatic rings. The summed E-state index contributed by atoms with van der Waals surface area (Å²) >= 11 is 0. The average molecular weight is 288 g/mol. The molecule has 21 heavy (non-hydrogen) atoms. The van der Waals surface area contributed by atoms with Crippen molar-refractivity contribution in [2.24, 2.45) is 5.92 Å². The van der Waals surface area contributed by atoms with Gasteiger partial charge in [-0.1, -0.05) is 25.5 Å². The van der Waals surface area contributed by atoms with E-state index in [1.807, 2.05) is 19.1 Å². The minimum Gasteiger partial charge on any atom is -0.356 e. The molecule has 0 saturated carbocycles. The van der Waals surface area contributed by atoms with Crippen LogP contribution in [-0.2, 0) is 16.0 Å². The fourth-order valence-electron chi connectivity index (χ4n) is 2.67. The lowest BCUT2D eigenvalue weighted by atomic mass is 10.1. The van der Waals surface area contributed by atoms with Crippen molar-refractivity contribution in [2.45, 2.75) is 39.5 Å². The molecule has 114 valence electrons. The Labute approximate surface area is 126 Å². The van der Waals surface area contributed by atoms with Crippen LogP contribution in [0.3, 0.4) is 0 Å². The van der Waals surface area contributed by atoms with Gasteiger partial charge in [0.15, 0.2) is 0 Å². The number of amides is 2. The van der Waals surface area contributed by atoms with E-state index in [1.165, 1.54) is 18.4 Å². The highest BCUT2D eigenvalue weighted by molar-refractivity contribution is 6.00. The summed E-state index contributed by atoms with van der Waals surface area (Å²) in [5, 5.41) is 2.79. The summed E-state index contributed by atoms with van der Waals surface area (Å²) in [6.45, 7) is 5.16. The Bertz CT molecular complexity index is 496. The SMILES string of the molecule is CCCCc1ccc(N2CC(C(=O)NCC)CC2=O)cc1. The van der Waals surface area contributed by atoms with E-state index >= 15 is 0 Å². The molecular formula is C17H24N2O2. The molecule has 2 rings (SSSR count). The fraction of sp³-hybridized carbons (Fsp3) is 0.529. The van der Waals surface area contributed by atoms with Crippen molar-refractivity contribution >= 4 is 17.5 Å². The van der Waals surface area contributed by atoms with Gasteiger partial charge in [-0.25, -0.2) is 0 Å². The van der Waals surface area contributed by atoms with E-state index in [0.717, 1.165) is 12.1 Å². The smallest absolute Gasteiger partial charge is 0.227 e. The van der Waals surface area contributed by atoms with Gasteiger partial charge < -0.3 is 10.2 Å².